The van der Waals surface area contributed by atoms with Crippen molar-refractivity contribution >= 4 is 17.9 Å². The first-order valence-corrected chi connectivity index (χ1v) is 12.1. The van der Waals surface area contributed by atoms with Gasteiger partial charge >= 0.3 is 17.9 Å². The van der Waals surface area contributed by atoms with Crippen LogP contribution in [0.25, 0.3) is 11.1 Å². The van der Waals surface area contributed by atoms with E-state index in [2.05, 4.69) is 38.4 Å². The van der Waals surface area contributed by atoms with Gasteiger partial charge < -0.3 is 24.2 Å². The number of ether oxygens (including phenoxy) is 2. The maximum absolute atomic E-state index is 13.6. The molecule has 188 valence electrons. The lowest BCUT2D eigenvalue weighted by Gasteiger charge is -2.45. The molecule has 36 heavy (non-hydrogen) atoms. The number of carbonyl (C=O) groups is 3. The number of piperidine rings is 1. The van der Waals surface area contributed by atoms with Gasteiger partial charge in [0.05, 0.1) is 14.1 Å². The summed E-state index contributed by atoms with van der Waals surface area (Å²) >= 11 is 0. The molecule has 0 saturated carbocycles. The van der Waals surface area contributed by atoms with Crippen LogP contribution in [0, 0.1) is 0 Å². The normalized spacial score (nSPS) is 29.2. The van der Waals surface area contributed by atoms with Gasteiger partial charge in [0, 0.05) is 25.0 Å². The molecule has 0 spiro atoms. The maximum atomic E-state index is 13.6. The number of hydrogen-bond donors (Lipinski definition) is 2. The van der Waals surface area contributed by atoms with Crippen LogP contribution < -0.4 is 0 Å². The second-order valence-electron chi connectivity index (χ2n) is 10.6. The number of likely N-dealkylation sites (N-methyl/N-ethyl adjacent to an activating group) is 1. The van der Waals surface area contributed by atoms with E-state index in [0.717, 1.165) is 39.6 Å². The zero-order valence-electron chi connectivity index (χ0n) is 20.5. The van der Waals surface area contributed by atoms with Crippen LogP contribution >= 0.6 is 0 Å². The number of morpholine rings is 1. The smallest absolute Gasteiger partial charge is 0.328 e. The predicted octanol–water partition coefficient (Wildman–Crippen LogP) is 2.99. The van der Waals surface area contributed by atoms with Gasteiger partial charge in [-0.15, -0.1) is 0 Å². The molecule has 2 N–H and O–H groups in total. The zero-order valence-corrected chi connectivity index (χ0v) is 20.5. The Balaban J connectivity index is 0.000000292. The Hall–Kier alpha value is -3.49. The standard InChI is InChI=1S/C24H26NO3.C4H4O4/c1-24(17-10-6-4-8-15(17)16-9-5-7-11-18(16)24)23(26)27-14-12-19-21-22(28-21)20(13-14)25(19,2)3;5-3(6)1-2-4(7)8/h4-11,14,19-22H,12-13H2,1-3H3;1-2H,(H,5,6)(H,7,8)/q+1;/b;2-1-. The van der Waals surface area contributed by atoms with Gasteiger partial charge in [-0.2, -0.15) is 0 Å². The largest absolute Gasteiger partial charge is 0.478 e. The quantitative estimate of drug-likeness (QED) is 0.292. The van der Waals surface area contributed by atoms with Crippen molar-refractivity contribution in [3.05, 3.63) is 71.8 Å². The molecule has 2 aromatic rings. The molecular weight excluding hydrogens is 462 g/mol. The highest BCUT2D eigenvalue weighted by Crippen LogP contribution is 2.53. The molecule has 3 saturated heterocycles. The Morgan fingerprint density at radius 3 is 1.78 bits per heavy atom. The summed E-state index contributed by atoms with van der Waals surface area (Å²) in [5.41, 5.74) is 3.67. The highest BCUT2D eigenvalue weighted by molar-refractivity contribution is 5.97. The van der Waals surface area contributed by atoms with Crippen molar-refractivity contribution < 1.29 is 38.6 Å². The summed E-state index contributed by atoms with van der Waals surface area (Å²) in [7, 11) is 4.60. The molecule has 4 unspecified atom stereocenters. The lowest BCUT2D eigenvalue weighted by Crippen LogP contribution is -2.60. The third-order valence-electron chi connectivity index (χ3n) is 8.31. The average Bonchev–Trinajstić information content (AvgIpc) is 3.56. The number of aliphatic carboxylic acids is 2. The van der Waals surface area contributed by atoms with Crippen molar-refractivity contribution in [1.82, 2.24) is 0 Å². The number of carboxylic acids is 2. The topological polar surface area (TPSA) is 113 Å². The molecule has 3 aliphatic heterocycles. The van der Waals surface area contributed by atoms with Crippen molar-refractivity contribution in [2.24, 2.45) is 0 Å². The lowest BCUT2D eigenvalue weighted by atomic mass is 9.80. The van der Waals surface area contributed by atoms with E-state index in [1.165, 1.54) is 0 Å². The van der Waals surface area contributed by atoms with Gasteiger partial charge in [-0.25, -0.2) is 9.59 Å². The molecule has 3 fully saturated rings. The first kappa shape index (κ1) is 24.2. The first-order valence-electron chi connectivity index (χ1n) is 12.1. The van der Waals surface area contributed by atoms with E-state index in [0.29, 0.717) is 36.4 Å². The number of quaternary nitrogens is 1. The fourth-order valence-corrected chi connectivity index (χ4v) is 6.39. The number of carbonyl (C=O) groups excluding carboxylic acids is 1. The minimum absolute atomic E-state index is 0.0122. The number of fused-ring (bicyclic) bond motifs is 8. The fourth-order valence-electron chi connectivity index (χ4n) is 6.39. The minimum atomic E-state index is -1.26. The molecule has 2 bridgehead atoms. The number of epoxide rings is 1. The van der Waals surface area contributed by atoms with Crippen molar-refractivity contribution in [2.75, 3.05) is 14.1 Å². The van der Waals surface area contributed by atoms with E-state index >= 15 is 0 Å². The molecule has 0 radical (unpaired) electrons. The molecule has 1 aliphatic carbocycles. The van der Waals surface area contributed by atoms with Crippen LogP contribution in [-0.4, -0.2) is 77.1 Å². The molecule has 4 aliphatic rings. The molecule has 4 atom stereocenters. The van der Waals surface area contributed by atoms with Gasteiger partial charge in [-0.05, 0) is 29.2 Å². The van der Waals surface area contributed by atoms with Gasteiger partial charge in [0.2, 0.25) is 0 Å². The van der Waals surface area contributed by atoms with Crippen LogP contribution in [0.15, 0.2) is 60.7 Å². The van der Waals surface area contributed by atoms with Gasteiger partial charge in [0.1, 0.15) is 35.8 Å². The van der Waals surface area contributed by atoms with E-state index in [1.807, 2.05) is 31.2 Å². The third kappa shape index (κ3) is 3.81. The van der Waals surface area contributed by atoms with Crippen molar-refractivity contribution in [2.45, 2.75) is 55.6 Å². The molecule has 0 aromatic heterocycles. The van der Waals surface area contributed by atoms with Gasteiger partial charge in [0.15, 0.2) is 0 Å². The highest BCUT2D eigenvalue weighted by atomic mass is 16.6. The zero-order chi connectivity index (χ0) is 25.8. The van der Waals surface area contributed by atoms with Gasteiger partial charge in [-0.1, -0.05) is 48.5 Å². The monoisotopic (exact) mass is 492 g/mol. The Morgan fingerprint density at radius 1 is 0.889 bits per heavy atom. The third-order valence-corrected chi connectivity index (χ3v) is 8.31. The first-order chi connectivity index (χ1) is 17.0. The van der Waals surface area contributed by atoms with E-state index in [9.17, 15) is 14.4 Å². The molecule has 3 heterocycles. The summed E-state index contributed by atoms with van der Waals surface area (Å²) in [6.45, 7) is 2.03. The summed E-state index contributed by atoms with van der Waals surface area (Å²) in [6, 6.07) is 17.4. The molecule has 6 rings (SSSR count). The van der Waals surface area contributed by atoms with Crippen LogP contribution in [-0.2, 0) is 29.3 Å². The van der Waals surface area contributed by atoms with E-state index in [-0.39, 0.29) is 12.1 Å². The molecule has 0 amide bonds. The number of carboxylic acid groups (broad SMARTS) is 2. The fraction of sp³-hybridized carbons (Fsp3) is 0.393. The van der Waals surface area contributed by atoms with E-state index in [1.54, 1.807) is 0 Å². The SMILES string of the molecule is CC1(C(=O)OC2CC3C4OC4C(C2)[N+]3(C)C)c2ccccc2-c2ccccc21.O=C(O)/C=C\C(=O)O. The summed E-state index contributed by atoms with van der Waals surface area (Å²) in [4.78, 5) is 32.7. The summed E-state index contributed by atoms with van der Waals surface area (Å²) in [5.74, 6) is -2.63. The van der Waals surface area contributed by atoms with Crippen LogP contribution in [0.4, 0.5) is 0 Å². The number of benzene rings is 2. The number of hydrogen-bond acceptors (Lipinski definition) is 5. The van der Waals surface area contributed by atoms with E-state index in [4.69, 9.17) is 19.7 Å². The number of esters is 1. The summed E-state index contributed by atoms with van der Waals surface area (Å²) < 4.78 is 13.1. The Morgan fingerprint density at radius 2 is 1.33 bits per heavy atom. The Kier molecular flexibility index (Phi) is 5.76. The van der Waals surface area contributed by atoms with Gasteiger partial charge in [-0.3, -0.25) is 4.79 Å². The summed E-state index contributed by atoms with van der Waals surface area (Å²) in [6.07, 6.45) is 3.64. The minimum Gasteiger partial charge on any atom is -0.478 e. The molecule has 2 aromatic carbocycles. The van der Waals surface area contributed by atoms with Crippen LogP contribution in [0.3, 0.4) is 0 Å². The second-order valence-corrected chi connectivity index (χ2v) is 10.6. The van der Waals surface area contributed by atoms with Crippen molar-refractivity contribution in [3.63, 3.8) is 0 Å². The maximum Gasteiger partial charge on any atom is 0.328 e. The lowest BCUT2D eigenvalue weighted by molar-refractivity contribution is -0.938. The van der Waals surface area contributed by atoms with Crippen molar-refractivity contribution in [1.29, 1.82) is 0 Å². The Bertz CT molecular complexity index is 1180. The average molecular weight is 493 g/mol. The molecule has 8 heteroatoms. The van der Waals surface area contributed by atoms with Gasteiger partial charge in [0.25, 0.3) is 0 Å². The molecule has 8 nitrogen and oxygen atoms in total. The van der Waals surface area contributed by atoms with Crippen LogP contribution in [0.2, 0.25) is 0 Å². The Labute approximate surface area is 209 Å². The van der Waals surface area contributed by atoms with E-state index < -0.39 is 17.4 Å². The molecular formula is C28H30NO7+. The highest BCUT2D eigenvalue weighted by Gasteiger charge is 2.71. The summed E-state index contributed by atoms with van der Waals surface area (Å²) in [5, 5.41) is 15.6. The van der Waals surface area contributed by atoms with Crippen molar-refractivity contribution in [3.8, 4) is 11.1 Å². The van der Waals surface area contributed by atoms with Crippen LogP contribution in [0.1, 0.15) is 30.9 Å². The predicted molar refractivity (Wildman–Crippen MR) is 130 cm³/mol. The number of nitrogens with zero attached hydrogens (tertiary/aromatic N) is 1. The van der Waals surface area contributed by atoms with Crippen LogP contribution in [0.5, 0.6) is 0 Å². The number of rotatable bonds is 4. The second kappa shape index (κ2) is 8.57.